The van der Waals surface area contributed by atoms with Crippen molar-refractivity contribution in [2.24, 2.45) is 0 Å². The van der Waals surface area contributed by atoms with E-state index in [-0.39, 0.29) is 18.4 Å². The molecule has 0 aromatic heterocycles. The van der Waals surface area contributed by atoms with Gasteiger partial charge in [0.25, 0.3) is 0 Å². The monoisotopic (exact) mass is 420 g/mol. The maximum absolute atomic E-state index is 12.7. The second-order valence-electron chi connectivity index (χ2n) is 8.59. The van der Waals surface area contributed by atoms with E-state index < -0.39 is 0 Å². The first-order valence-electron chi connectivity index (χ1n) is 11.1. The summed E-state index contributed by atoms with van der Waals surface area (Å²) < 4.78 is 5.88. The van der Waals surface area contributed by atoms with Crippen LogP contribution < -0.4 is 9.64 Å². The summed E-state index contributed by atoms with van der Waals surface area (Å²) in [6, 6.07) is 7.33. The summed E-state index contributed by atoms with van der Waals surface area (Å²) in [5, 5.41) is 0. The Hall–Kier alpha value is -1.66. The van der Waals surface area contributed by atoms with Crippen molar-refractivity contribution in [3.05, 3.63) is 23.8 Å². The lowest BCUT2D eigenvalue weighted by atomic mass is 10.1. The van der Waals surface area contributed by atoms with Crippen LogP contribution >= 0.6 is 12.4 Å². The maximum atomic E-state index is 12.7. The SMILES string of the molecule is Cl.O=C1N(CCN2CCN(c3cccc4c3OCC4)CC2)CCN1C1CCCC1. The number of fused-ring (bicyclic) bond motifs is 1. The van der Waals surface area contributed by atoms with Gasteiger partial charge in [0.05, 0.1) is 12.3 Å². The van der Waals surface area contributed by atoms with E-state index in [1.165, 1.54) is 36.9 Å². The quantitative estimate of drug-likeness (QED) is 0.734. The molecule has 4 aliphatic rings. The first kappa shape index (κ1) is 20.6. The number of benzene rings is 1. The van der Waals surface area contributed by atoms with Crippen molar-refractivity contribution < 1.29 is 9.53 Å². The maximum Gasteiger partial charge on any atom is 0.320 e. The van der Waals surface area contributed by atoms with Crippen LogP contribution in [0.5, 0.6) is 5.75 Å². The van der Waals surface area contributed by atoms with Gasteiger partial charge >= 0.3 is 6.03 Å². The molecule has 1 aromatic carbocycles. The predicted molar refractivity (Wildman–Crippen MR) is 117 cm³/mol. The highest BCUT2D eigenvalue weighted by Crippen LogP contribution is 2.36. The van der Waals surface area contributed by atoms with Crippen LogP contribution in [0.2, 0.25) is 0 Å². The molecule has 0 atom stereocenters. The van der Waals surface area contributed by atoms with Gasteiger partial charge in [-0.2, -0.15) is 0 Å². The van der Waals surface area contributed by atoms with Crippen LogP contribution in [-0.4, -0.2) is 85.7 Å². The molecule has 3 heterocycles. The Morgan fingerprint density at radius 3 is 2.55 bits per heavy atom. The standard InChI is InChI=1S/C22H32N4O2.ClH/c27-22-25(15-16-26(22)19-5-1-2-6-19)14-11-23-9-12-24(13-10-23)20-7-3-4-18-8-17-28-21(18)20;/h3-4,7,19H,1-2,5-6,8-17H2;1H. The molecule has 2 amide bonds. The van der Waals surface area contributed by atoms with Crippen molar-refractivity contribution in [2.45, 2.75) is 38.1 Å². The van der Waals surface area contributed by atoms with Gasteiger partial charge in [-0.3, -0.25) is 4.90 Å². The number of carbonyl (C=O) groups excluding carboxylic acids is 1. The van der Waals surface area contributed by atoms with E-state index in [0.29, 0.717) is 6.04 Å². The molecule has 0 N–H and O–H groups in total. The molecule has 0 unspecified atom stereocenters. The highest BCUT2D eigenvalue weighted by molar-refractivity contribution is 5.85. The number of urea groups is 1. The van der Waals surface area contributed by atoms with Crippen LogP contribution in [0, 0.1) is 0 Å². The Morgan fingerprint density at radius 1 is 0.966 bits per heavy atom. The highest BCUT2D eigenvalue weighted by atomic mass is 35.5. The summed E-state index contributed by atoms with van der Waals surface area (Å²) in [6.45, 7) is 8.67. The van der Waals surface area contributed by atoms with E-state index in [1.807, 2.05) is 0 Å². The molecule has 29 heavy (non-hydrogen) atoms. The van der Waals surface area contributed by atoms with Crippen LogP contribution in [-0.2, 0) is 6.42 Å². The molecule has 3 fully saturated rings. The van der Waals surface area contributed by atoms with Gasteiger partial charge in [-0.1, -0.05) is 25.0 Å². The number of para-hydroxylation sites is 1. The molecular weight excluding hydrogens is 388 g/mol. The van der Waals surface area contributed by atoms with Gasteiger partial charge in [-0.25, -0.2) is 4.79 Å². The van der Waals surface area contributed by atoms with E-state index in [2.05, 4.69) is 37.8 Å². The number of halogens is 1. The Labute approximate surface area is 180 Å². The number of rotatable bonds is 5. The predicted octanol–water partition coefficient (Wildman–Crippen LogP) is 2.85. The number of nitrogens with zero attached hydrogens (tertiary/aromatic N) is 4. The number of ether oxygens (including phenoxy) is 1. The van der Waals surface area contributed by atoms with Crippen molar-refractivity contribution in [1.82, 2.24) is 14.7 Å². The zero-order chi connectivity index (χ0) is 18.9. The fourth-order valence-electron chi connectivity index (χ4n) is 5.28. The normalized spacial score (nSPS) is 22.8. The van der Waals surface area contributed by atoms with Crippen LogP contribution in [0.4, 0.5) is 10.5 Å². The van der Waals surface area contributed by atoms with Gasteiger partial charge in [0.15, 0.2) is 0 Å². The van der Waals surface area contributed by atoms with Crippen LogP contribution in [0.15, 0.2) is 18.2 Å². The molecule has 6 nitrogen and oxygen atoms in total. The average Bonchev–Trinajstić information content (AvgIpc) is 3.47. The van der Waals surface area contributed by atoms with Crippen LogP contribution in [0.1, 0.15) is 31.2 Å². The molecule has 0 bridgehead atoms. The lowest BCUT2D eigenvalue weighted by Crippen LogP contribution is -2.49. The number of piperazine rings is 1. The third-order valence-corrected chi connectivity index (χ3v) is 6.99. The van der Waals surface area contributed by atoms with Gasteiger partial charge in [-0.15, -0.1) is 12.4 Å². The molecule has 0 spiro atoms. The van der Waals surface area contributed by atoms with Crippen molar-refractivity contribution >= 4 is 24.1 Å². The lowest BCUT2D eigenvalue weighted by Gasteiger charge is -2.37. The van der Waals surface area contributed by atoms with E-state index in [0.717, 1.165) is 71.1 Å². The number of hydrogen-bond acceptors (Lipinski definition) is 4. The zero-order valence-corrected chi connectivity index (χ0v) is 18.0. The van der Waals surface area contributed by atoms with Gasteiger partial charge in [0, 0.05) is 64.8 Å². The minimum atomic E-state index is 0. The second-order valence-corrected chi connectivity index (χ2v) is 8.59. The van der Waals surface area contributed by atoms with E-state index in [4.69, 9.17) is 4.74 Å². The minimum Gasteiger partial charge on any atom is -0.491 e. The third-order valence-electron chi connectivity index (χ3n) is 6.99. The summed E-state index contributed by atoms with van der Waals surface area (Å²) in [4.78, 5) is 21.9. The van der Waals surface area contributed by atoms with Crippen LogP contribution in [0.25, 0.3) is 0 Å². The summed E-state index contributed by atoms with van der Waals surface area (Å²) in [6.07, 6.45) is 6.01. The summed E-state index contributed by atoms with van der Waals surface area (Å²) in [5.41, 5.74) is 2.61. The summed E-state index contributed by atoms with van der Waals surface area (Å²) in [5.74, 6) is 1.10. The smallest absolute Gasteiger partial charge is 0.320 e. The first-order chi connectivity index (χ1) is 13.8. The molecule has 3 aliphatic heterocycles. The lowest BCUT2D eigenvalue weighted by molar-refractivity contribution is 0.169. The van der Waals surface area contributed by atoms with Crippen molar-refractivity contribution in [1.29, 1.82) is 0 Å². The average molecular weight is 421 g/mol. The topological polar surface area (TPSA) is 39.3 Å². The van der Waals surface area contributed by atoms with Gasteiger partial charge < -0.3 is 19.4 Å². The molecule has 0 radical (unpaired) electrons. The fraction of sp³-hybridized carbons (Fsp3) is 0.682. The summed E-state index contributed by atoms with van der Waals surface area (Å²) >= 11 is 0. The number of amides is 2. The van der Waals surface area contributed by atoms with Crippen LogP contribution in [0.3, 0.4) is 0 Å². The number of carbonyl (C=O) groups is 1. The largest absolute Gasteiger partial charge is 0.491 e. The molecular formula is C22H33ClN4O2. The Bertz CT molecular complexity index is 717. The molecule has 7 heteroatoms. The van der Waals surface area contributed by atoms with E-state index >= 15 is 0 Å². The van der Waals surface area contributed by atoms with Crippen molar-refractivity contribution in [2.75, 3.05) is 63.9 Å². The zero-order valence-electron chi connectivity index (χ0n) is 17.2. The summed E-state index contributed by atoms with van der Waals surface area (Å²) in [7, 11) is 0. The van der Waals surface area contributed by atoms with Gasteiger partial charge in [0.2, 0.25) is 0 Å². The highest BCUT2D eigenvalue weighted by Gasteiger charge is 2.35. The third kappa shape index (κ3) is 4.15. The van der Waals surface area contributed by atoms with E-state index in [1.54, 1.807) is 0 Å². The molecule has 1 aromatic rings. The Balaban J connectivity index is 0.00000205. The number of anilines is 1. The molecule has 160 valence electrons. The molecule has 5 rings (SSSR count). The first-order valence-corrected chi connectivity index (χ1v) is 11.1. The second kappa shape index (κ2) is 9.00. The molecule has 2 saturated heterocycles. The number of hydrogen-bond donors (Lipinski definition) is 0. The van der Waals surface area contributed by atoms with Gasteiger partial charge in [-0.05, 0) is 24.5 Å². The van der Waals surface area contributed by atoms with E-state index in [9.17, 15) is 4.79 Å². The Morgan fingerprint density at radius 2 is 1.76 bits per heavy atom. The Kier molecular flexibility index (Phi) is 6.40. The fourth-order valence-corrected chi connectivity index (χ4v) is 5.28. The molecule has 1 aliphatic carbocycles. The van der Waals surface area contributed by atoms with Crippen molar-refractivity contribution in [3.63, 3.8) is 0 Å². The van der Waals surface area contributed by atoms with Crippen molar-refractivity contribution in [3.8, 4) is 5.75 Å². The van der Waals surface area contributed by atoms with Gasteiger partial charge in [0.1, 0.15) is 5.75 Å². The minimum absolute atomic E-state index is 0. The molecule has 1 saturated carbocycles.